The summed E-state index contributed by atoms with van der Waals surface area (Å²) in [5, 5.41) is 6.56. The average molecular weight is 383 g/mol. The van der Waals surface area contributed by atoms with Gasteiger partial charge >= 0.3 is 0 Å². The Balaban J connectivity index is 1.82. The van der Waals surface area contributed by atoms with Gasteiger partial charge in [-0.15, -0.1) is 0 Å². The summed E-state index contributed by atoms with van der Waals surface area (Å²) in [6, 6.07) is 0.191. The van der Waals surface area contributed by atoms with E-state index in [0.29, 0.717) is 6.54 Å². The molecule has 2 aliphatic rings. The number of guanidine groups is 1. The first-order chi connectivity index (χ1) is 12.9. The number of hydrogen-bond acceptors (Lipinski definition) is 5. The third kappa shape index (κ3) is 6.33. The molecule has 0 saturated carbocycles. The molecule has 2 rings (SSSR count). The molecule has 0 bridgehead atoms. The third-order valence-electron chi connectivity index (χ3n) is 5.65. The van der Waals surface area contributed by atoms with E-state index in [1.807, 2.05) is 20.9 Å². The highest BCUT2D eigenvalue weighted by Gasteiger charge is 2.35. The van der Waals surface area contributed by atoms with Crippen LogP contribution >= 0.6 is 0 Å². The highest BCUT2D eigenvalue weighted by molar-refractivity contribution is 5.80. The minimum atomic E-state index is 0.105. The van der Waals surface area contributed by atoms with E-state index in [1.165, 1.54) is 0 Å². The van der Waals surface area contributed by atoms with Crippen molar-refractivity contribution in [2.75, 3.05) is 73.6 Å². The molecule has 0 aromatic rings. The molecular formula is C19H38N6O2. The zero-order chi connectivity index (χ0) is 19.9. The third-order valence-corrected chi connectivity index (χ3v) is 5.65. The van der Waals surface area contributed by atoms with Crippen LogP contribution < -0.4 is 10.6 Å². The molecule has 2 N–H and O–H groups in total. The Bertz CT molecular complexity index is 494. The van der Waals surface area contributed by atoms with Crippen molar-refractivity contribution in [3.63, 3.8) is 0 Å². The summed E-state index contributed by atoms with van der Waals surface area (Å²) < 4.78 is 5.56. The van der Waals surface area contributed by atoms with Crippen LogP contribution in [0.1, 0.15) is 26.7 Å². The second-order valence-electron chi connectivity index (χ2n) is 8.12. The van der Waals surface area contributed by atoms with Gasteiger partial charge in [-0.1, -0.05) is 0 Å². The van der Waals surface area contributed by atoms with Gasteiger partial charge in [0.1, 0.15) is 0 Å². The number of nitrogens with one attached hydrogen (secondary N) is 2. The first-order valence-corrected chi connectivity index (χ1v) is 10.1. The molecule has 0 spiro atoms. The van der Waals surface area contributed by atoms with Gasteiger partial charge in [0.15, 0.2) is 5.96 Å². The first kappa shape index (κ1) is 21.9. The lowest BCUT2D eigenvalue weighted by Crippen LogP contribution is -2.59. The molecule has 2 aliphatic heterocycles. The van der Waals surface area contributed by atoms with Crippen molar-refractivity contribution in [2.24, 2.45) is 4.99 Å². The molecule has 0 aromatic carbocycles. The molecule has 1 amide bonds. The molecule has 8 heteroatoms. The molecule has 0 unspecified atom stereocenters. The van der Waals surface area contributed by atoms with Gasteiger partial charge in [-0.05, 0) is 40.8 Å². The fourth-order valence-electron chi connectivity index (χ4n) is 3.80. The minimum Gasteiger partial charge on any atom is -0.381 e. The Morgan fingerprint density at radius 1 is 1.19 bits per heavy atom. The smallest absolute Gasteiger partial charge is 0.234 e. The zero-order valence-corrected chi connectivity index (χ0v) is 17.8. The van der Waals surface area contributed by atoms with E-state index in [-0.39, 0.29) is 17.5 Å². The van der Waals surface area contributed by atoms with Crippen molar-refractivity contribution in [2.45, 2.75) is 38.3 Å². The lowest BCUT2D eigenvalue weighted by molar-refractivity contribution is -0.123. The second kappa shape index (κ2) is 10.2. The van der Waals surface area contributed by atoms with Crippen LogP contribution in [0.5, 0.6) is 0 Å². The van der Waals surface area contributed by atoms with Crippen LogP contribution in [0, 0.1) is 0 Å². The monoisotopic (exact) mass is 382 g/mol. The number of aliphatic imine (C=N–C) groups is 1. The lowest BCUT2D eigenvalue weighted by atomic mass is 9.88. The number of amides is 1. The fourth-order valence-corrected chi connectivity index (χ4v) is 3.80. The molecule has 0 radical (unpaired) electrons. The molecule has 156 valence electrons. The first-order valence-electron chi connectivity index (χ1n) is 10.1. The average Bonchev–Trinajstić information content (AvgIpc) is 2.63. The Hall–Kier alpha value is -1.38. The lowest BCUT2D eigenvalue weighted by Gasteiger charge is -2.44. The van der Waals surface area contributed by atoms with Crippen molar-refractivity contribution in [3.8, 4) is 0 Å². The molecule has 0 atom stereocenters. The van der Waals surface area contributed by atoms with Crippen LogP contribution in [0.25, 0.3) is 0 Å². The van der Waals surface area contributed by atoms with Gasteiger partial charge in [-0.2, -0.15) is 0 Å². The van der Waals surface area contributed by atoms with Crippen molar-refractivity contribution < 1.29 is 9.53 Å². The Morgan fingerprint density at radius 2 is 1.81 bits per heavy atom. The van der Waals surface area contributed by atoms with Crippen LogP contribution in [0.15, 0.2) is 4.99 Å². The topological polar surface area (TPSA) is 72.4 Å². The standard InChI is InChI=1S/C19H38N6O2/c1-16(2)22-17(26)14-24-8-10-25(11-9-24)18(20-3)21-15-19(23(4)5)6-12-27-13-7-19/h16H,6-15H2,1-5H3,(H,20,21)(H,22,26). The quantitative estimate of drug-likeness (QED) is 0.490. The van der Waals surface area contributed by atoms with Crippen molar-refractivity contribution in [3.05, 3.63) is 0 Å². The summed E-state index contributed by atoms with van der Waals surface area (Å²) in [5.41, 5.74) is 0.116. The summed E-state index contributed by atoms with van der Waals surface area (Å²) in [5.74, 6) is 1.06. The normalized spacial score (nSPS) is 21.6. The number of likely N-dealkylation sites (N-methyl/N-ethyl adjacent to an activating group) is 1. The van der Waals surface area contributed by atoms with E-state index < -0.39 is 0 Å². The van der Waals surface area contributed by atoms with E-state index in [4.69, 9.17) is 4.74 Å². The highest BCUT2D eigenvalue weighted by atomic mass is 16.5. The molecule has 27 heavy (non-hydrogen) atoms. The predicted molar refractivity (Wildman–Crippen MR) is 109 cm³/mol. The Morgan fingerprint density at radius 3 is 2.33 bits per heavy atom. The van der Waals surface area contributed by atoms with Crippen molar-refractivity contribution in [1.82, 2.24) is 25.3 Å². The number of ether oxygens (including phenoxy) is 1. The van der Waals surface area contributed by atoms with E-state index in [9.17, 15) is 4.79 Å². The van der Waals surface area contributed by atoms with Gasteiger partial charge in [-0.25, -0.2) is 0 Å². The molecular weight excluding hydrogens is 344 g/mol. The van der Waals surface area contributed by atoms with E-state index in [2.05, 4.69) is 44.4 Å². The van der Waals surface area contributed by atoms with Crippen molar-refractivity contribution in [1.29, 1.82) is 0 Å². The van der Waals surface area contributed by atoms with Gasteiger partial charge in [0.25, 0.3) is 0 Å². The summed E-state index contributed by atoms with van der Waals surface area (Å²) in [6.45, 7) is 10.5. The van der Waals surface area contributed by atoms with Crippen LogP contribution in [-0.4, -0.2) is 112 Å². The number of nitrogens with zero attached hydrogens (tertiary/aromatic N) is 4. The van der Waals surface area contributed by atoms with Crippen LogP contribution in [0.2, 0.25) is 0 Å². The van der Waals surface area contributed by atoms with Crippen LogP contribution in [0.4, 0.5) is 0 Å². The molecule has 0 aromatic heterocycles. The molecule has 0 aliphatic carbocycles. The van der Waals surface area contributed by atoms with Crippen LogP contribution in [0.3, 0.4) is 0 Å². The van der Waals surface area contributed by atoms with Gasteiger partial charge in [0.05, 0.1) is 6.54 Å². The van der Waals surface area contributed by atoms with Crippen LogP contribution in [-0.2, 0) is 9.53 Å². The number of hydrogen-bond donors (Lipinski definition) is 2. The zero-order valence-electron chi connectivity index (χ0n) is 17.8. The maximum Gasteiger partial charge on any atom is 0.234 e. The highest BCUT2D eigenvalue weighted by Crippen LogP contribution is 2.25. The molecule has 2 heterocycles. The fraction of sp³-hybridized carbons (Fsp3) is 0.895. The summed E-state index contributed by atoms with van der Waals surface area (Å²) in [6.07, 6.45) is 2.06. The minimum absolute atomic E-state index is 0.105. The van der Waals surface area contributed by atoms with E-state index in [0.717, 1.165) is 64.7 Å². The number of rotatable bonds is 6. The van der Waals surface area contributed by atoms with Crippen molar-refractivity contribution >= 4 is 11.9 Å². The SMILES string of the molecule is CN=C(NCC1(N(C)C)CCOCC1)N1CCN(CC(=O)NC(C)C)CC1. The number of carbonyl (C=O) groups excluding carboxylic acids is 1. The number of piperazine rings is 1. The molecule has 8 nitrogen and oxygen atoms in total. The maximum absolute atomic E-state index is 12.0. The Labute approximate surface area is 164 Å². The van der Waals surface area contributed by atoms with E-state index in [1.54, 1.807) is 0 Å². The summed E-state index contributed by atoms with van der Waals surface area (Å²) in [4.78, 5) is 23.3. The predicted octanol–water partition coefficient (Wildman–Crippen LogP) is -0.185. The molecule has 2 fully saturated rings. The maximum atomic E-state index is 12.0. The van der Waals surface area contributed by atoms with E-state index >= 15 is 0 Å². The Kier molecular flexibility index (Phi) is 8.31. The number of carbonyl (C=O) groups is 1. The summed E-state index contributed by atoms with van der Waals surface area (Å²) in [7, 11) is 6.14. The van der Waals surface area contributed by atoms with Gasteiger partial charge in [0, 0.05) is 64.6 Å². The summed E-state index contributed by atoms with van der Waals surface area (Å²) >= 11 is 0. The van der Waals surface area contributed by atoms with Gasteiger partial charge in [-0.3, -0.25) is 14.7 Å². The second-order valence-corrected chi connectivity index (χ2v) is 8.12. The largest absolute Gasteiger partial charge is 0.381 e. The van der Waals surface area contributed by atoms with Gasteiger partial charge in [0.2, 0.25) is 5.91 Å². The van der Waals surface area contributed by atoms with Gasteiger partial charge < -0.3 is 25.2 Å². The molecule has 2 saturated heterocycles.